The van der Waals surface area contributed by atoms with Crippen LogP contribution in [0.25, 0.3) is 0 Å². The first-order valence-electron chi connectivity index (χ1n) is 22.1. The maximum absolute atomic E-state index is 16.4. The molecule has 312 valence electrons. The topological polar surface area (TPSA) is 94.5 Å². The van der Waals surface area contributed by atoms with Crippen molar-refractivity contribution in [2.45, 2.75) is 69.5 Å². The average Bonchev–Trinajstić information content (AvgIpc) is 3.84. The van der Waals surface area contributed by atoms with Crippen LogP contribution in [0, 0.1) is 5.41 Å². The third-order valence-electron chi connectivity index (χ3n) is 14.2. The minimum absolute atomic E-state index is 0.00358. The molecule has 0 radical (unpaired) electrons. The van der Waals surface area contributed by atoms with E-state index in [1.807, 2.05) is 30.6 Å². The smallest absolute Gasteiger partial charge is 0.330 e. The Bertz CT molecular complexity index is 1980. The summed E-state index contributed by atoms with van der Waals surface area (Å²) >= 11 is 0. The number of hydrogen-bond donors (Lipinski definition) is 1. The van der Waals surface area contributed by atoms with E-state index in [0.717, 1.165) is 89.4 Å². The summed E-state index contributed by atoms with van der Waals surface area (Å²) in [5.41, 5.74) is 5.55. The van der Waals surface area contributed by atoms with Gasteiger partial charge in [-0.05, 0) is 69.1 Å². The highest BCUT2D eigenvalue weighted by Gasteiger charge is 2.61. The molecule has 1 saturated carbocycles. The predicted octanol–water partition coefficient (Wildman–Crippen LogP) is 6.34. The van der Waals surface area contributed by atoms with E-state index in [4.69, 9.17) is 19.4 Å². The molecule has 4 saturated heterocycles. The molecular weight excluding hydrogens is 739 g/mol. The van der Waals surface area contributed by atoms with E-state index < -0.39 is 11.0 Å². The zero-order valence-electron chi connectivity index (χ0n) is 35.1. The number of carbonyl (C=O) groups excluding carboxylic acids is 1. The third kappa shape index (κ3) is 8.00. The molecule has 1 atom stereocenters. The summed E-state index contributed by atoms with van der Waals surface area (Å²) in [6.45, 7) is 9.81. The van der Waals surface area contributed by atoms with E-state index in [-0.39, 0.29) is 16.5 Å². The molecule has 2 aromatic heterocycles. The van der Waals surface area contributed by atoms with E-state index >= 15 is 4.79 Å². The van der Waals surface area contributed by atoms with Gasteiger partial charge < -0.3 is 34.2 Å². The van der Waals surface area contributed by atoms with E-state index in [9.17, 15) is 5.11 Å². The van der Waals surface area contributed by atoms with Crippen molar-refractivity contribution in [3.63, 3.8) is 0 Å². The zero-order valence-corrected chi connectivity index (χ0v) is 35.1. The van der Waals surface area contributed by atoms with Crippen molar-refractivity contribution in [3.8, 4) is 5.88 Å². The lowest BCUT2D eigenvalue weighted by atomic mass is 9.74. The van der Waals surface area contributed by atoms with Crippen LogP contribution in [-0.4, -0.2) is 123 Å². The SMILES string of the molecule is CN1CCN(c2ccccc2CC2(Cc3ccccc3N3CCN(C)CC3)CC[N@+](c3ccc(OC4CCOCC4)nc3)(c3ccc(C4(O)CCCC4)nc3)C2=O)CC1. The van der Waals surface area contributed by atoms with Crippen LogP contribution < -0.4 is 19.0 Å². The first-order valence-corrected chi connectivity index (χ1v) is 22.1. The number of piperazine rings is 2. The van der Waals surface area contributed by atoms with Crippen LogP contribution in [-0.2, 0) is 28.0 Å². The van der Waals surface area contributed by atoms with Gasteiger partial charge in [-0.15, -0.1) is 0 Å². The summed E-state index contributed by atoms with van der Waals surface area (Å²) in [5, 5.41) is 11.5. The lowest BCUT2D eigenvalue weighted by Gasteiger charge is -2.38. The molecule has 5 aliphatic rings. The number of quaternary nitrogens is 1. The molecule has 0 bridgehead atoms. The van der Waals surface area contributed by atoms with Crippen molar-refractivity contribution in [2.24, 2.45) is 5.41 Å². The van der Waals surface area contributed by atoms with Crippen LogP contribution in [0.1, 0.15) is 61.8 Å². The number of anilines is 2. The highest BCUT2D eigenvalue weighted by atomic mass is 16.5. The number of aliphatic hydroxyl groups is 1. The lowest BCUT2D eigenvalue weighted by molar-refractivity contribution is -0.133. The molecule has 0 unspecified atom stereocenters. The van der Waals surface area contributed by atoms with Crippen molar-refractivity contribution in [1.29, 1.82) is 0 Å². The molecule has 11 nitrogen and oxygen atoms in total. The summed E-state index contributed by atoms with van der Waals surface area (Å²) in [7, 11) is 4.39. The summed E-state index contributed by atoms with van der Waals surface area (Å²) in [6, 6.07) is 25.6. The van der Waals surface area contributed by atoms with Gasteiger partial charge in [-0.3, -0.25) is 4.98 Å². The molecule has 5 fully saturated rings. The van der Waals surface area contributed by atoms with Crippen LogP contribution in [0.5, 0.6) is 5.88 Å². The number of aromatic nitrogens is 2. The minimum Gasteiger partial charge on any atom is -0.474 e. The van der Waals surface area contributed by atoms with Crippen molar-refractivity contribution in [3.05, 3.63) is 102 Å². The molecule has 11 heteroatoms. The number of para-hydroxylation sites is 2. The summed E-state index contributed by atoms with van der Waals surface area (Å²) < 4.78 is 11.9. The number of carbonyl (C=O) groups is 1. The van der Waals surface area contributed by atoms with Crippen molar-refractivity contribution in [1.82, 2.24) is 24.3 Å². The fourth-order valence-corrected chi connectivity index (χ4v) is 10.5. The number of benzene rings is 2. The van der Waals surface area contributed by atoms with Gasteiger partial charge in [0.1, 0.15) is 11.7 Å². The summed E-state index contributed by atoms with van der Waals surface area (Å²) in [4.78, 5) is 36.1. The molecule has 4 aliphatic heterocycles. The van der Waals surface area contributed by atoms with Gasteiger partial charge in [-0.1, -0.05) is 49.2 Å². The van der Waals surface area contributed by atoms with E-state index in [1.165, 1.54) is 22.5 Å². The quantitative estimate of drug-likeness (QED) is 0.173. The average molecular weight is 801 g/mol. The van der Waals surface area contributed by atoms with E-state index in [0.29, 0.717) is 63.4 Å². The predicted molar refractivity (Wildman–Crippen MR) is 233 cm³/mol. The van der Waals surface area contributed by atoms with Gasteiger partial charge in [0.05, 0.1) is 43.3 Å². The van der Waals surface area contributed by atoms with E-state index in [2.05, 4.69) is 88.3 Å². The van der Waals surface area contributed by atoms with Crippen LogP contribution in [0.2, 0.25) is 0 Å². The highest BCUT2D eigenvalue weighted by Crippen LogP contribution is 2.52. The van der Waals surface area contributed by atoms with Gasteiger partial charge in [-0.25, -0.2) is 9.78 Å². The largest absolute Gasteiger partial charge is 0.474 e. The zero-order chi connectivity index (χ0) is 40.5. The number of pyridine rings is 2. The van der Waals surface area contributed by atoms with Gasteiger partial charge in [-0.2, -0.15) is 4.48 Å². The van der Waals surface area contributed by atoms with Gasteiger partial charge in [0, 0.05) is 101 Å². The van der Waals surface area contributed by atoms with Crippen LogP contribution >= 0.6 is 0 Å². The van der Waals surface area contributed by atoms with Gasteiger partial charge in [0.15, 0.2) is 11.4 Å². The Morgan fingerprint density at radius 1 is 0.712 bits per heavy atom. The number of amides is 1. The third-order valence-corrected chi connectivity index (χ3v) is 14.2. The molecule has 9 rings (SSSR count). The second kappa shape index (κ2) is 16.9. The molecule has 2 aromatic carbocycles. The number of rotatable bonds is 11. The maximum atomic E-state index is 16.4. The Morgan fingerprint density at radius 2 is 1.25 bits per heavy atom. The van der Waals surface area contributed by atoms with Crippen molar-refractivity contribution >= 4 is 28.7 Å². The first-order chi connectivity index (χ1) is 28.7. The molecule has 4 aromatic rings. The number of ether oxygens (including phenoxy) is 2. The Hall–Kier alpha value is -4.39. The Kier molecular flexibility index (Phi) is 11.5. The number of likely N-dealkylation sites (N-methyl/N-ethyl adjacent to an activating group) is 2. The first kappa shape index (κ1) is 40.0. The van der Waals surface area contributed by atoms with Crippen LogP contribution in [0.15, 0.2) is 85.2 Å². The second-order valence-electron chi connectivity index (χ2n) is 18.0. The van der Waals surface area contributed by atoms with Crippen molar-refractivity contribution in [2.75, 3.05) is 96.0 Å². The fraction of sp³-hybridized carbons (Fsp3) is 0.521. The summed E-state index contributed by atoms with van der Waals surface area (Å²) in [5.74, 6) is 0.726. The molecule has 1 N–H and O–H groups in total. The molecule has 0 spiro atoms. The Morgan fingerprint density at radius 3 is 1.78 bits per heavy atom. The summed E-state index contributed by atoms with van der Waals surface area (Å²) in [6.07, 6.45) is 10.8. The van der Waals surface area contributed by atoms with Crippen LogP contribution in [0.3, 0.4) is 0 Å². The Balaban J connectivity index is 1.14. The monoisotopic (exact) mass is 800 g/mol. The van der Waals surface area contributed by atoms with E-state index in [1.54, 1.807) is 0 Å². The second-order valence-corrected chi connectivity index (χ2v) is 18.0. The Labute approximate surface area is 350 Å². The number of hydrogen-bond acceptors (Lipinski definition) is 10. The lowest BCUT2D eigenvalue weighted by Crippen LogP contribution is -2.51. The standard InChI is InChI=1S/C48H62N7O4/c1-51-22-26-53(27-23-51)42-11-5-3-9-37(42)33-47(34-38-10-4-6-12-43(38)54-28-24-52(2)25-29-54)21-30-55(46(47)56,39-13-15-44(49-35-39)48(57)19-7-8-20-48)40-14-16-45(50-36-40)59-41-17-31-58-32-18-41/h3-6,9-16,35-36,41,57H,7-8,17-34H2,1-2H3/q+1/t55-/m1/s1. The highest BCUT2D eigenvalue weighted by molar-refractivity contribution is 6.01. The minimum atomic E-state index is -0.924. The maximum Gasteiger partial charge on any atom is 0.330 e. The normalized spacial score (nSPS) is 24.2. The van der Waals surface area contributed by atoms with Gasteiger partial charge >= 0.3 is 5.91 Å². The molecular formula is C48H62N7O4+. The number of nitrogens with zero attached hydrogens (tertiary/aromatic N) is 7. The fourth-order valence-electron chi connectivity index (χ4n) is 10.5. The molecule has 1 aliphatic carbocycles. The van der Waals surface area contributed by atoms with Gasteiger partial charge in [0.25, 0.3) is 0 Å². The molecule has 6 heterocycles. The van der Waals surface area contributed by atoms with Gasteiger partial charge in [0.2, 0.25) is 5.88 Å². The van der Waals surface area contributed by atoms with Crippen molar-refractivity contribution < 1.29 is 19.4 Å². The molecule has 59 heavy (non-hydrogen) atoms. The van der Waals surface area contributed by atoms with Crippen LogP contribution in [0.4, 0.5) is 22.7 Å². The molecule has 1 amide bonds.